The maximum absolute atomic E-state index is 7.13. The minimum atomic E-state index is -0.243. The molecule has 1 radical (unpaired) electrons. The van der Waals surface area contributed by atoms with E-state index >= 15 is 0 Å². The summed E-state index contributed by atoms with van der Waals surface area (Å²) >= 11 is 5.45. The summed E-state index contributed by atoms with van der Waals surface area (Å²) in [5.74, 6) is 0. The van der Waals surface area contributed by atoms with E-state index in [0.717, 1.165) is 0 Å². The summed E-state index contributed by atoms with van der Waals surface area (Å²) in [6.07, 6.45) is 0. The summed E-state index contributed by atoms with van der Waals surface area (Å²) in [7, 11) is 0. The van der Waals surface area contributed by atoms with Crippen LogP contribution in [0.3, 0.4) is 0 Å². The normalized spacial score (nSPS) is 16.7. The van der Waals surface area contributed by atoms with E-state index in [9.17, 15) is 0 Å². The van der Waals surface area contributed by atoms with Gasteiger partial charge in [-0.3, -0.25) is 0 Å². The van der Waals surface area contributed by atoms with Gasteiger partial charge in [-0.1, -0.05) is 23.7 Å². The molecular weight excluding hydrogens is 108 g/mol. The van der Waals surface area contributed by atoms with E-state index < -0.39 is 0 Å². The van der Waals surface area contributed by atoms with Gasteiger partial charge in [0.1, 0.15) is 0 Å². The highest BCUT2D eigenvalue weighted by Crippen LogP contribution is 2.03. The van der Waals surface area contributed by atoms with Crippen molar-refractivity contribution in [2.24, 2.45) is 0 Å². The fourth-order valence-corrected chi connectivity index (χ4v) is 0.329. The largest absolute Gasteiger partial charge is 0.0843 e. The Balaban J connectivity index is 3.46. The van der Waals surface area contributed by atoms with Crippen LogP contribution in [0.4, 0.5) is 0 Å². The van der Waals surface area contributed by atoms with Crippen LogP contribution in [0.2, 0.25) is 5.02 Å². The van der Waals surface area contributed by atoms with Crippen LogP contribution >= 0.6 is 11.6 Å². The van der Waals surface area contributed by atoms with E-state index in [1.165, 1.54) is 0 Å². The summed E-state index contributed by atoms with van der Waals surface area (Å²) in [6.45, 7) is 0. The molecule has 1 aromatic rings. The molecule has 1 rings (SSSR count). The van der Waals surface area contributed by atoms with Crippen molar-refractivity contribution in [2.45, 2.75) is 0 Å². The first-order valence-corrected chi connectivity index (χ1v) is 2.07. The Morgan fingerprint density at radius 2 is 2.14 bits per heavy atom. The molecule has 0 aromatic heterocycles. The Hall–Kier alpha value is -0.490. The van der Waals surface area contributed by atoms with Gasteiger partial charge in [0.25, 0.3) is 0 Å². The highest BCUT2D eigenvalue weighted by molar-refractivity contribution is 6.30. The molecule has 7 heavy (non-hydrogen) atoms. The molecule has 0 aliphatic rings. The second-order valence-electron chi connectivity index (χ2n) is 0.939. The molecule has 0 aliphatic carbocycles. The summed E-state index contributed by atoms with van der Waals surface area (Å²) in [5.41, 5.74) is 0. The number of rotatable bonds is 0. The zero-order valence-electron chi connectivity index (χ0n) is 7.38. The lowest BCUT2D eigenvalue weighted by atomic mass is 10.4. The first kappa shape index (κ1) is 1.79. The van der Waals surface area contributed by atoms with Crippen molar-refractivity contribution in [1.82, 2.24) is 0 Å². The third kappa shape index (κ3) is 1.20. The minimum Gasteiger partial charge on any atom is -0.0843 e. The van der Waals surface area contributed by atoms with Crippen LogP contribution in [0, 0.1) is 6.07 Å². The molecule has 0 heterocycles. The molecule has 0 unspecified atom stereocenters. The topological polar surface area (TPSA) is 0 Å². The number of hydrogen-bond acceptors (Lipinski definition) is 0. The molecule has 0 bridgehead atoms. The minimum absolute atomic E-state index is 0.154. The monoisotopic (exact) mass is 115 g/mol. The Bertz CT molecular complexity index is 271. The molecule has 1 heteroatoms. The highest BCUT2D eigenvalue weighted by Gasteiger charge is 1.75. The van der Waals surface area contributed by atoms with E-state index in [-0.39, 0.29) is 29.2 Å². The molecule has 0 amide bonds. The van der Waals surface area contributed by atoms with Gasteiger partial charge in [0.05, 0.1) is 5.48 Å². The Kier molecular flexibility index (Phi) is 0.508. The van der Waals surface area contributed by atoms with Crippen LogP contribution in [-0.2, 0) is 0 Å². The first-order chi connectivity index (χ1) is 5.04. The van der Waals surface area contributed by atoms with Gasteiger partial charge >= 0.3 is 0 Å². The Labute approximate surface area is 53.4 Å². The van der Waals surface area contributed by atoms with E-state index in [1.807, 2.05) is 0 Å². The van der Waals surface area contributed by atoms with Crippen LogP contribution in [0.1, 0.15) is 5.48 Å². The number of halogens is 1. The van der Waals surface area contributed by atoms with E-state index in [1.54, 1.807) is 0 Å². The SMILES string of the molecule is [2H]c1[c]c([2H])c([2H])c(Cl)c1[2H]. The lowest BCUT2D eigenvalue weighted by molar-refractivity contribution is 1.69. The lowest BCUT2D eigenvalue weighted by Crippen LogP contribution is -1.56. The van der Waals surface area contributed by atoms with Crippen molar-refractivity contribution in [3.8, 4) is 0 Å². The maximum atomic E-state index is 7.13. The molecule has 0 aliphatic heterocycles. The van der Waals surface area contributed by atoms with Crippen molar-refractivity contribution in [1.29, 1.82) is 0 Å². The lowest BCUT2D eigenvalue weighted by Gasteiger charge is -1.79. The molecule has 1 aromatic carbocycles. The van der Waals surface area contributed by atoms with Gasteiger partial charge in [-0.25, -0.2) is 0 Å². The van der Waals surface area contributed by atoms with Crippen molar-refractivity contribution in [2.75, 3.05) is 0 Å². The highest BCUT2D eigenvalue weighted by atomic mass is 35.5. The quantitative estimate of drug-likeness (QED) is 0.486. The summed E-state index contributed by atoms with van der Waals surface area (Å²) in [6, 6.07) is 1.26. The summed E-state index contributed by atoms with van der Waals surface area (Å²) in [4.78, 5) is 0. The first-order valence-electron chi connectivity index (χ1n) is 3.69. The van der Waals surface area contributed by atoms with E-state index in [4.69, 9.17) is 17.1 Å². The standard InChI is InChI=1S/C6H4Cl/c7-6-4-2-1-3-5-6/h2-5H/i2D,3D,4D,5D. The van der Waals surface area contributed by atoms with Gasteiger partial charge in [0.2, 0.25) is 0 Å². The molecule has 0 N–H and O–H groups in total. The molecule has 0 fully saturated rings. The van der Waals surface area contributed by atoms with Crippen LogP contribution in [0.5, 0.6) is 0 Å². The fraction of sp³-hybridized carbons (Fsp3) is 0. The zero-order chi connectivity index (χ0) is 8.59. The van der Waals surface area contributed by atoms with Crippen LogP contribution in [-0.4, -0.2) is 0 Å². The third-order valence-corrected chi connectivity index (χ3v) is 0.658. The third-order valence-electron chi connectivity index (χ3n) is 0.469. The van der Waals surface area contributed by atoms with Crippen LogP contribution in [0.25, 0.3) is 0 Å². The molecule has 35 valence electrons. The zero-order valence-corrected chi connectivity index (χ0v) is 4.13. The van der Waals surface area contributed by atoms with Gasteiger partial charge < -0.3 is 0 Å². The second kappa shape index (κ2) is 1.99. The maximum Gasteiger partial charge on any atom is 0.0639 e. The van der Waals surface area contributed by atoms with Crippen molar-refractivity contribution in [3.63, 3.8) is 0 Å². The number of benzene rings is 1. The molecular formula is C6H4Cl. The molecule has 0 saturated heterocycles. The Morgan fingerprint density at radius 1 is 1.57 bits per heavy atom. The molecule has 0 spiro atoms. The second-order valence-corrected chi connectivity index (χ2v) is 1.32. The van der Waals surface area contributed by atoms with Gasteiger partial charge in [0, 0.05) is 5.02 Å². The van der Waals surface area contributed by atoms with Crippen LogP contribution < -0.4 is 0 Å². The number of hydrogen-bond donors (Lipinski definition) is 0. The van der Waals surface area contributed by atoms with Gasteiger partial charge in [-0.15, -0.1) is 0 Å². The summed E-state index contributed by atoms with van der Waals surface area (Å²) in [5, 5.41) is -0.154. The predicted molar refractivity (Wildman–Crippen MR) is 30.3 cm³/mol. The molecule has 0 nitrogen and oxygen atoms in total. The molecule has 0 saturated carbocycles. The van der Waals surface area contributed by atoms with E-state index in [0.29, 0.717) is 0 Å². The Morgan fingerprint density at radius 3 is 2.71 bits per heavy atom. The van der Waals surface area contributed by atoms with Gasteiger partial charge in [-0.2, -0.15) is 0 Å². The van der Waals surface area contributed by atoms with Crippen molar-refractivity contribution >= 4 is 11.6 Å². The van der Waals surface area contributed by atoms with Crippen molar-refractivity contribution < 1.29 is 5.48 Å². The smallest absolute Gasteiger partial charge is 0.0639 e. The molecule has 0 atom stereocenters. The van der Waals surface area contributed by atoms with Gasteiger partial charge in [0.15, 0.2) is 0 Å². The van der Waals surface area contributed by atoms with Crippen LogP contribution in [0.15, 0.2) is 24.2 Å². The van der Waals surface area contributed by atoms with E-state index in [2.05, 4.69) is 6.07 Å². The van der Waals surface area contributed by atoms with Gasteiger partial charge in [-0.05, 0) is 18.2 Å². The van der Waals surface area contributed by atoms with Crippen molar-refractivity contribution in [3.05, 3.63) is 35.3 Å². The fourth-order valence-electron chi connectivity index (χ4n) is 0.235. The average Bonchev–Trinajstić information content (AvgIpc) is 1.97. The predicted octanol–water partition coefficient (Wildman–Crippen LogP) is 2.14. The summed E-state index contributed by atoms with van der Waals surface area (Å²) < 4.78 is 28.4. The average molecular weight is 116 g/mol.